The first-order chi connectivity index (χ1) is 16.8. The van der Waals surface area contributed by atoms with Crippen LogP contribution in [0.1, 0.15) is 18.7 Å². The van der Waals surface area contributed by atoms with E-state index in [2.05, 4.69) is 10.2 Å². The summed E-state index contributed by atoms with van der Waals surface area (Å²) in [4.78, 5) is 23.8. The highest BCUT2D eigenvalue weighted by Gasteiger charge is 2.39. The van der Waals surface area contributed by atoms with Gasteiger partial charge in [-0.3, -0.25) is 4.79 Å². The van der Waals surface area contributed by atoms with Gasteiger partial charge in [0.05, 0.1) is 10.6 Å². The van der Waals surface area contributed by atoms with Gasteiger partial charge in [0.2, 0.25) is 11.9 Å². The molecule has 5 rings (SSSR count). The molecule has 2 aromatic carbocycles. The number of nitrogens with one attached hydrogen (secondary N) is 1. The normalized spacial score (nSPS) is 15.5. The third kappa shape index (κ3) is 4.11. The molecule has 0 radical (unpaired) electrons. The van der Waals surface area contributed by atoms with Crippen molar-refractivity contribution in [3.8, 4) is 22.4 Å². The number of likely N-dealkylation sites (N-methyl/N-ethyl adjacent to an activating group) is 1. The van der Waals surface area contributed by atoms with Gasteiger partial charge in [-0.05, 0) is 50.6 Å². The van der Waals surface area contributed by atoms with E-state index in [4.69, 9.17) is 44.0 Å². The maximum absolute atomic E-state index is 12.0. The number of amides is 1. The summed E-state index contributed by atoms with van der Waals surface area (Å²) >= 11 is 12.7. The molecule has 3 N–H and O–H groups in total. The summed E-state index contributed by atoms with van der Waals surface area (Å²) in [7, 11) is 1.77. The Labute approximate surface area is 213 Å². The second-order valence-electron chi connectivity index (χ2n) is 8.70. The lowest BCUT2D eigenvalue weighted by molar-refractivity contribution is -0.125. The second-order valence-corrected chi connectivity index (χ2v) is 9.54. The number of nitrogens with two attached hydrogens (primary N) is 1. The Morgan fingerprint density at radius 3 is 2.37 bits per heavy atom. The predicted octanol–water partition coefficient (Wildman–Crippen LogP) is 4.12. The van der Waals surface area contributed by atoms with Gasteiger partial charge in [-0.25, -0.2) is 0 Å². The van der Waals surface area contributed by atoms with E-state index in [1.165, 1.54) is 0 Å². The van der Waals surface area contributed by atoms with Crippen LogP contribution in [0.5, 0.6) is 0 Å². The number of anilines is 1. The standard InChI is InChI=1S/C25H25Cl2N7O/c1-15-30-24(33-13-11-25(29-2,12-14-33)23(28)35)31-22-20(16-7-9-17(26)10-8-16)21(32-34(15)22)18-5-3-4-6-19(18)27/h3-10,29H,11-14H2,1-2H3,(H2,28,35). The number of primary amides is 1. The zero-order chi connectivity index (χ0) is 24.7. The zero-order valence-electron chi connectivity index (χ0n) is 19.4. The Morgan fingerprint density at radius 1 is 1.06 bits per heavy atom. The van der Waals surface area contributed by atoms with E-state index in [0.717, 1.165) is 16.7 Å². The summed E-state index contributed by atoms with van der Waals surface area (Å²) in [6, 6.07) is 15.2. The van der Waals surface area contributed by atoms with Crippen molar-refractivity contribution < 1.29 is 4.79 Å². The summed E-state index contributed by atoms with van der Waals surface area (Å²) in [5, 5.41) is 9.23. The van der Waals surface area contributed by atoms with Crippen molar-refractivity contribution in [2.24, 2.45) is 5.73 Å². The summed E-state index contributed by atoms with van der Waals surface area (Å²) in [6.07, 6.45) is 1.14. The molecule has 1 saturated heterocycles. The van der Waals surface area contributed by atoms with Gasteiger partial charge in [-0.15, -0.1) is 0 Å². The molecule has 1 aliphatic rings. The average Bonchev–Trinajstić information content (AvgIpc) is 3.24. The maximum Gasteiger partial charge on any atom is 0.237 e. The van der Waals surface area contributed by atoms with Crippen molar-refractivity contribution in [2.45, 2.75) is 25.3 Å². The molecule has 0 bridgehead atoms. The van der Waals surface area contributed by atoms with E-state index in [-0.39, 0.29) is 5.91 Å². The molecule has 0 saturated carbocycles. The average molecular weight is 510 g/mol. The van der Waals surface area contributed by atoms with Crippen LogP contribution >= 0.6 is 23.2 Å². The number of halogens is 2. The van der Waals surface area contributed by atoms with Gasteiger partial charge in [0, 0.05) is 23.7 Å². The van der Waals surface area contributed by atoms with Gasteiger partial charge in [-0.2, -0.15) is 19.6 Å². The third-order valence-electron chi connectivity index (χ3n) is 6.75. The van der Waals surface area contributed by atoms with Crippen molar-refractivity contribution in [3.05, 3.63) is 64.4 Å². The van der Waals surface area contributed by atoms with Crippen LogP contribution in [-0.4, -0.2) is 51.2 Å². The number of aryl methyl sites for hydroxylation is 1. The van der Waals surface area contributed by atoms with Gasteiger partial charge in [-0.1, -0.05) is 53.5 Å². The minimum absolute atomic E-state index is 0.336. The number of benzene rings is 2. The lowest BCUT2D eigenvalue weighted by Crippen LogP contribution is -2.60. The van der Waals surface area contributed by atoms with Crippen LogP contribution in [0.2, 0.25) is 10.0 Å². The number of rotatable bonds is 5. The highest BCUT2D eigenvalue weighted by molar-refractivity contribution is 6.33. The fourth-order valence-corrected chi connectivity index (χ4v) is 4.97. The molecule has 1 fully saturated rings. The summed E-state index contributed by atoms with van der Waals surface area (Å²) in [6.45, 7) is 3.10. The minimum atomic E-state index is -0.710. The lowest BCUT2D eigenvalue weighted by Gasteiger charge is -2.39. The molecule has 8 nitrogen and oxygen atoms in total. The number of carbonyl (C=O) groups is 1. The molecule has 2 aromatic heterocycles. The Hall–Kier alpha value is -3.20. The van der Waals surface area contributed by atoms with Crippen LogP contribution in [0.3, 0.4) is 0 Å². The molecule has 3 heterocycles. The van der Waals surface area contributed by atoms with Gasteiger partial charge in [0.1, 0.15) is 17.1 Å². The number of piperidine rings is 1. The molecule has 0 aliphatic carbocycles. The summed E-state index contributed by atoms with van der Waals surface area (Å²) in [5.41, 5.74) is 8.93. The third-order valence-corrected chi connectivity index (χ3v) is 7.33. The Kier molecular flexibility index (Phi) is 6.13. The van der Waals surface area contributed by atoms with Gasteiger partial charge in [0.15, 0.2) is 5.65 Å². The van der Waals surface area contributed by atoms with E-state index in [9.17, 15) is 4.79 Å². The van der Waals surface area contributed by atoms with Crippen LogP contribution in [0, 0.1) is 6.92 Å². The SMILES string of the molecule is CNC1(C(N)=O)CCN(c2nc(C)n3nc(-c4ccccc4Cl)c(-c4ccc(Cl)cc4)c3n2)CC1. The van der Waals surface area contributed by atoms with E-state index in [1.54, 1.807) is 11.6 Å². The highest BCUT2D eigenvalue weighted by Crippen LogP contribution is 2.38. The van der Waals surface area contributed by atoms with E-state index >= 15 is 0 Å². The second kappa shape index (κ2) is 9.11. The quantitative estimate of drug-likeness (QED) is 0.419. The molecule has 0 unspecified atom stereocenters. The van der Waals surface area contributed by atoms with Crippen molar-refractivity contribution >= 4 is 40.7 Å². The van der Waals surface area contributed by atoms with E-state index in [0.29, 0.717) is 59.1 Å². The van der Waals surface area contributed by atoms with Gasteiger partial charge in [0.25, 0.3) is 0 Å². The van der Waals surface area contributed by atoms with Crippen molar-refractivity contribution in [2.75, 3.05) is 25.0 Å². The number of hydrogen-bond acceptors (Lipinski definition) is 6. The minimum Gasteiger partial charge on any atom is -0.368 e. The lowest BCUT2D eigenvalue weighted by atomic mass is 9.87. The molecule has 1 aliphatic heterocycles. The first kappa shape index (κ1) is 23.5. The van der Waals surface area contributed by atoms with Gasteiger partial charge < -0.3 is 16.0 Å². The van der Waals surface area contributed by atoms with E-state index < -0.39 is 5.54 Å². The van der Waals surface area contributed by atoms with Crippen molar-refractivity contribution in [1.29, 1.82) is 0 Å². The maximum atomic E-state index is 12.0. The number of carbonyl (C=O) groups excluding carboxylic acids is 1. The largest absolute Gasteiger partial charge is 0.368 e. The van der Waals surface area contributed by atoms with E-state index in [1.807, 2.05) is 55.5 Å². The van der Waals surface area contributed by atoms with Crippen molar-refractivity contribution in [3.63, 3.8) is 0 Å². The molecular weight excluding hydrogens is 485 g/mol. The molecular formula is C25H25Cl2N7O. The van der Waals surface area contributed by atoms with Crippen LogP contribution in [-0.2, 0) is 4.79 Å². The molecule has 35 heavy (non-hydrogen) atoms. The van der Waals surface area contributed by atoms with Crippen LogP contribution in [0.25, 0.3) is 28.0 Å². The molecule has 10 heteroatoms. The van der Waals surface area contributed by atoms with Crippen LogP contribution in [0.4, 0.5) is 5.95 Å². The molecule has 180 valence electrons. The number of aromatic nitrogens is 4. The summed E-state index contributed by atoms with van der Waals surface area (Å²) in [5.74, 6) is 0.946. The number of fused-ring (bicyclic) bond motifs is 1. The highest BCUT2D eigenvalue weighted by atomic mass is 35.5. The molecule has 1 amide bonds. The Bertz CT molecular complexity index is 1410. The van der Waals surface area contributed by atoms with Crippen molar-refractivity contribution in [1.82, 2.24) is 24.9 Å². The number of nitrogens with zero attached hydrogens (tertiary/aromatic N) is 5. The van der Waals surface area contributed by atoms with Gasteiger partial charge >= 0.3 is 0 Å². The smallest absolute Gasteiger partial charge is 0.237 e. The Morgan fingerprint density at radius 2 is 1.74 bits per heavy atom. The molecule has 0 atom stereocenters. The monoisotopic (exact) mass is 509 g/mol. The van der Waals surface area contributed by atoms with Crippen LogP contribution < -0.4 is 16.0 Å². The number of hydrogen-bond donors (Lipinski definition) is 2. The zero-order valence-corrected chi connectivity index (χ0v) is 20.9. The first-order valence-corrected chi connectivity index (χ1v) is 12.1. The fraction of sp³-hybridized carbons (Fsp3) is 0.280. The summed E-state index contributed by atoms with van der Waals surface area (Å²) < 4.78 is 1.75. The topological polar surface area (TPSA) is 101 Å². The fourth-order valence-electron chi connectivity index (χ4n) is 4.62. The van der Waals surface area contributed by atoms with Crippen LogP contribution in [0.15, 0.2) is 48.5 Å². The predicted molar refractivity (Wildman–Crippen MR) is 139 cm³/mol. The first-order valence-electron chi connectivity index (χ1n) is 11.3. The molecule has 0 spiro atoms. The Balaban J connectivity index is 1.65. The molecule has 4 aromatic rings.